The molecule has 2 heteroatoms. The first-order valence-corrected chi connectivity index (χ1v) is 3.36. The third-order valence-corrected chi connectivity index (χ3v) is 1.46. The number of nitrogens with zero attached hydrogens (tertiary/aromatic N) is 1. The first-order valence-electron chi connectivity index (χ1n) is 3.36. The van der Waals surface area contributed by atoms with Gasteiger partial charge < -0.3 is 0 Å². The molecule has 0 aliphatic carbocycles. The number of hydrogen-bond donors (Lipinski definition) is 0. The molecule has 1 aromatic carbocycles. The number of rotatable bonds is 1. The maximum atomic E-state index is 8.51. The van der Waals surface area contributed by atoms with E-state index < -0.39 is 0 Å². The zero-order valence-electron chi connectivity index (χ0n) is 6.32. The van der Waals surface area contributed by atoms with Crippen LogP contribution in [0.2, 0.25) is 0 Å². The van der Waals surface area contributed by atoms with Crippen molar-refractivity contribution in [2.45, 2.75) is 13.3 Å². The van der Waals surface area contributed by atoms with Gasteiger partial charge in [0.25, 0.3) is 0 Å². The molecule has 0 amide bonds. The van der Waals surface area contributed by atoms with Crippen molar-refractivity contribution >= 4 is 0 Å². The predicted molar refractivity (Wildman–Crippen MR) is 40.5 cm³/mol. The van der Waals surface area contributed by atoms with Crippen molar-refractivity contribution in [3.63, 3.8) is 0 Å². The molecule has 0 aromatic heterocycles. The van der Waals surface area contributed by atoms with Crippen LogP contribution in [0.5, 0.6) is 0 Å². The van der Waals surface area contributed by atoms with E-state index in [0.29, 0.717) is 0 Å². The van der Waals surface area contributed by atoms with Crippen molar-refractivity contribution in [1.29, 1.82) is 5.26 Å². The van der Waals surface area contributed by atoms with Gasteiger partial charge in [0.05, 0.1) is 11.6 Å². The molecule has 0 aliphatic rings. The minimum absolute atomic E-state index is 0. The largest absolute Gasteiger partial charge is 0.192 e. The Hall–Kier alpha value is -0.0303. The second-order valence-corrected chi connectivity index (χ2v) is 2.17. The number of hydrogen-bond acceptors (Lipinski definition) is 1. The minimum Gasteiger partial charge on any atom is -0.192 e. The molecule has 0 spiro atoms. The fourth-order valence-corrected chi connectivity index (χ4v) is 0.861. The van der Waals surface area contributed by atoms with Crippen molar-refractivity contribution in [2.75, 3.05) is 0 Å². The van der Waals surface area contributed by atoms with Gasteiger partial charge >= 0.3 is 0 Å². The molecule has 0 atom stereocenters. The Kier molecular flexibility index (Phi) is 5.58. The third kappa shape index (κ3) is 3.24. The predicted octanol–water partition coefficient (Wildman–Crippen LogP) is 2.12. The van der Waals surface area contributed by atoms with Gasteiger partial charge in [-0.05, 0) is 24.1 Å². The summed E-state index contributed by atoms with van der Waals surface area (Å²) < 4.78 is 0. The maximum Gasteiger partial charge on any atom is 0.0991 e. The molecule has 58 valence electrons. The topological polar surface area (TPSA) is 23.8 Å². The summed E-state index contributed by atoms with van der Waals surface area (Å²) in [6.45, 7) is 2.08. The van der Waals surface area contributed by atoms with Gasteiger partial charge in [-0.1, -0.05) is 19.1 Å². The molecule has 0 aliphatic heterocycles. The molecule has 0 radical (unpaired) electrons. The molecule has 1 rings (SSSR count). The Morgan fingerprint density at radius 1 is 1.45 bits per heavy atom. The van der Waals surface area contributed by atoms with Crippen LogP contribution in [-0.4, -0.2) is 0 Å². The number of nitriles is 1. The van der Waals surface area contributed by atoms with E-state index in [9.17, 15) is 0 Å². The summed E-state index contributed by atoms with van der Waals surface area (Å²) in [6.07, 6.45) is 0.996. The van der Waals surface area contributed by atoms with Gasteiger partial charge in [-0.15, -0.1) is 0 Å². The van der Waals surface area contributed by atoms with E-state index in [1.807, 2.05) is 24.3 Å². The molecule has 0 fully saturated rings. The van der Waals surface area contributed by atoms with Gasteiger partial charge in [0.2, 0.25) is 0 Å². The number of aryl methyl sites for hydroxylation is 1. The van der Waals surface area contributed by atoms with Crippen molar-refractivity contribution in [2.24, 2.45) is 0 Å². The summed E-state index contributed by atoms with van der Waals surface area (Å²) in [5.74, 6) is 0. The average molecular weight is 171 g/mol. The molecule has 1 nitrogen and oxygen atoms in total. The van der Waals surface area contributed by atoms with Crippen LogP contribution in [0.15, 0.2) is 24.3 Å². The fourth-order valence-electron chi connectivity index (χ4n) is 0.861. The summed E-state index contributed by atoms with van der Waals surface area (Å²) in [4.78, 5) is 0. The molecule has 0 saturated heterocycles. The smallest absolute Gasteiger partial charge is 0.0991 e. The van der Waals surface area contributed by atoms with E-state index in [-0.39, 0.29) is 37.7 Å². The first kappa shape index (κ1) is 11.0. The van der Waals surface area contributed by atoms with Crippen LogP contribution >= 0.6 is 0 Å². The van der Waals surface area contributed by atoms with E-state index in [1.165, 1.54) is 5.56 Å². The van der Waals surface area contributed by atoms with Gasteiger partial charge in [0.15, 0.2) is 0 Å². The fraction of sp³-hybridized carbons (Fsp3) is 0.222. The summed E-state index contributed by atoms with van der Waals surface area (Å²) in [6, 6.07) is 9.78. The molecule has 11 heavy (non-hydrogen) atoms. The molecule has 0 bridgehead atoms. The van der Waals surface area contributed by atoms with Crippen LogP contribution in [0.4, 0.5) is 0 Å². The monoisotopic (exact) mass is 171 g/mol. The van der Waals surface area contributed by atoms with Gasteiger partial charge in [-0.3, -0.25) is 0 Å². The molecule has 0 heterocycles. The summed E-state index contributed by atoms with van der Waals surface area (Å²) in [5, 5.41) is 8.51. The van der Waals surface area contributed by atoms with Crippen LogP contribution in [0, 0.1) is 49.1 Å². The van der Waals surface area contributed by atoms with Gasteiger partial charge in [0.1, 0.15) is 0 Å². The van der Waals surface area contributed by atoms with Crippen LogP contribution in [0.3, 0.4) is 0 Å². The van der Waals surface area contributed by atoms with E-state index in [1.54, 1.807) is 0 Å². The molecule has 1 aromatic rings. The van der Waals surface area contributed by atoms with Gasteiger partial charge in [-0.25, -0.2) is 0 Å². The molecule has 0 unspecified atom stereocenters. The molecule has 0 saturated carbocycles. The Morgan fingerprint density at radius 2 is 2.18 bits per heavy atom. The van der Waals surface area contributed by atoms with E-state index in [2.05, 4.69) is 13.0 Å². The Morgan fingerprint density at radius 3 is 2.73 bits per heavy atom. The van der Waals surface area contributed by atoms with Crippen LogP contribution in [-0.2, 0) is 6.42 Å². The quantitative estimate of drug-likeness (QED) is 0.634. The van der Waals surface area contributed by atoms with Gasteiger partial charge in [-0.2, -0.15) is 5.26 Å². The Labute approximate surface area is 97.0 Å². The van der Waals surface area contributed by atoms with Crippen molar-refractivity contribution < 1.29 is 37.7 Å². The third-order valence-electron chi connectivity index (χ3n) is 1.46. The van der Waals surface area contributed by atoms with Crippen molar-refractivity contribution in [1.82, 2.24) is 0 Å². The SMILES string of the molecule is CCc1cccc(C#N)c1.[Ar]. The van der Waals surface area contributed by atoms with E-state index in [0.717, 1.165) is 12.0 Å². The van der Waals surface area contributed by atoms with E-state index >= 15 is 0 Å². The molecular weight excluding hydrogens is 162 g/mol. The normalized spacial score (nSPS) is 8.00. The second kappa shape index (κ2) is 5.60. The zero-order chi connectivity index (χ0) is 7.40. The van der Waals surface area contributed by atoms with Crippen LogP contribution in [0.25, 0.3) is 0 Å². The van der Waals surface area contributed by atoms with Crippen molar-refractivity contribution in [3.05, 3.63) is 35.4 Å². The average Bonchev–Trinajstić information content (AvgIpc) is 2.05. The Bertz CT molecular complexity index is 263. The van der Waals surface area contributed by atoms with Gasteiger partial charge in [0, 0.05) is 37.7 Å². The standard InChI is InChI=1S/C9H9N.Ar/c1-2-8-4-3-5-9(6-8)7-10;/h3-6H,2H2,1H3;. The zero-order valence-corrected chi connectivity index (χ0v) is 7.02. The second-order valence-electron chi connectivity index (χ2n) is 2.17. The Balaban J connectivity index is 0.000001000. The summed E-state index contributed by atoms with van der Waals surface area (Å²) >= 11 is 0. The summed E-state index contributed by atoms with van der Waals surface area (Å²) in [5.41, 5.74) is 1.97. The number of benzene rings is 1. The molecule has 0 N–H and O–H groups in total. The summed E-state index contributed by atoms with van der Waals surface area (Å²) in [7, 11) is 0. The molecular formula is C9H9ArN. The first-order chi connectivity index (χ1) is 4.86. The maximum absolute atomic E-state index is 8.51. The minimum atomic E-state index is 0. The van der Waals surface area contributed by atoms with Crippen LogP contribution in [0.1, 0.15) is 18.1 Å². The van der Waals surface area contributed by atoms with Crippen LogP contribution < -0.4 is 0 Å². The van der Waals surface area contributed by atoms with E-state index in [4.69, 9.17) is 5.26 Å². The van der Waals surface area contributed by atoms with Crippen molar-refractivity contribution in [3.8, 4) is 6.07 Å².